The third kappa shape index (κ3) is 4.46. The summed E-state index contributed by atoms with van der Waals surface area (Å²) in [4.78, 5) is 16.3. The summed E-state index contributed by atoms with van der Waals surface area (Å²) >= 11 is 0. The van der Waals surface area contributed by atoms with E-state index in [9.17, 15) is 13.6 Å². The van der Waals surface area contributed by atoms with Crippen LogP contribution in [0.5, 0.6) is 17.2 Å². The molecule has 0 fully saturated rings. The minimum absolute atomic E-state index is 0.00881. The molecule has 0 spiro atoms. The molecule has 0 radical (unpaired) electrons. The molecule has 0 N–H and O–H groups in total. The first-order valence-corrected chi connectivity index (χ1v) is 8.38. The van der Waals surface area contributed by atoms with Crippen LogP contribution >= 0.6 is 0 Å². The van der Waals surface area contributed by atoms with Gasteiger partial charge >= 0.3 is 12.6 Å². The van der Waals surface area contributed by atoms with Crippen molar-refractivity contribution < 1.29 is 32.5 Å². The van der Waals surface area contributed by atoms with Crippen molar-refractivity contribution in [2.45, 2.75) is 13.5 Å². The van der Waals surface area contributed by atoms with Crippen molar-refractivity contribution in [1.82, 2.24) is 0 Å². The Morgan fingerprint density at radius 2 is 2.00 bits per heavy atom. The summed E-state index contributed by atoms with van der Waals surface area (Å²) in [7, 11) is 1.53. The number of benzene rings is 2. The number of alkyl halides is 2. The number of nitrogens with zero attached hydrogens (tertiary/aromatic N) is 1. The van der Waals surface area contributed by atoms with E-state index in [4.69, 9.17) is 14.2 Å². The second-order valence-corrected chi connectivity index (χ2v) is 5.59. The molecule has 6 nitrogen and oxygen atoms in total. The Kier molecular flexibility index (Phi) is 5.88. The molecule has 146 valence electrons. The fourth-order valence-corrected chi connectivity index (χ4v) is 2.55. The van der Waals surface area contributed by atoms with Gasteiger partial charge in [0.05, 0.1) is 13.7 Å². The van der Waals surface area contributed by atoms with Crippen molar-refractivity contribution in [3.63, 3.8) is 0 Å². The highest BCUT2D eigenvalue weighted by molar-refractivity contribution is 6.13. The summed E-state index contributed by atoms with van der Waals surface area (Å²) in [5.74, 6) is 0.406. The Labute approximate surface area is 160 Å². The van der Waals surface area contributed by atoms with Crippen LogP contribution < -0.4 is 14.2 Å². The van der Waals surface area contributed by atoms with E-state index in [1.54, 1.807) is 24.3 Å². The quantitative estimate of drug-likeness (QED) is 0.528. The fourth-order valence-electron chi connectivity index (χ4n) is 2.55. The number of esters is 1. The van der Waals surface area contributed by atoms with E-state index in [-0.39, 0.29) is 17.3 Å². The van der Waals surface area contributed by atoms with Crippen LogP contribution in [0.2, 0.25) is 0 Å². The van der Waals surface area contributed by atoms with E-state index in [0.29, 0.717) is 29.2 Å². The van der Waals surface area contributed by atoms with Crippen LogP contribution in [-0.2, 0) is 9.53 Å². The molecule has 28 heavy (non-hydrogen) atoms. The molecule has 0 saturated heterocycles. The van der Waals surface area contributed by atoms with Crippen LogP contribution in [-0.4, -0.2) is 32.2 Å². The molecule has 8 heteroatoms. The van der Waals surface area contributed by atoms with E-state index in [1.807, 2.05) is 6.92 Å². The standard InChI is InChI=1S/C20H17F2NO5/c1-3-26-17-10-12(7-8-16(17)25-2)9-15-19(24)28-18(23-15)13-5-4-6-14(11-13)27-20(21)22/h4-11,20H,3H2,1-2H3/b15-9+. The second kappa shape index (κ2) is 8.51. The van der Waals surface area contributed by atoms with Gasteiger partial charge in [-0.1, -0.05) is 12.1 Å². The number of halogens is 2. The van der Waals surface area contributed by atoms with Gasteiger partial charge in [-0.15, -0.1) is 0 Å². The number of methoxy groups -OCH3 is 1. The predicted octanol–water partition coefficient (Wildman–Crippen LogP) is 4.04. The van der Waals surface area contributed by atoms with Crippen LogP contribution in [0.3, 0.4) is 0 Å². The fraction of sp³-hybridized carbons (Fsp3) is 0.200. The lowest BCUT2D eigenvalue weighted by molar-refractivity contribution is -0.129. The molecule has 0 saturated carbocycles. The molecule has 2 aromatic carbocycles. The number of cyclic esters (lactones) is 1. The molecule has 0 aliphatic carbocycles. The third-order valence-corrected chi connectivity index (χ3v) is 3.72. The van der Waals surface area contributed by atoms with Gasteiger partial charge in [0.15, 0.2) is 17.2 Å². The van der Waals surface area contributed by atoms with E-state index < -0.39 is 12.6 Å². The maximum absolute atomic E-state index is 12.4. The smallest absolute Gasteiger partial charge is 0.387 e. The molecule has 1 aliphatic heterocycles. The second-order valence-electron chi connectivity index (χ2n) is 5.59. The Bertz CT molecular complexity index is 940. The average Bonchev–Trinajstić information content (AvgIpc) is 3.02. The minimum Gasteiger partial charge on any atom is -0.493 e. The SMILES string of the molecule is CCOc1cc(/C=C2/N=C(c3cccc(OC(F)F)c3)OC2=O)ccc1OC. The number of ether oxygens (including phenoxy) is 4. The number of aliphatic imine (C=N–C) groups is 1. The molecular formula is C20H17F2NO5. The molecule has 0 aromatic heterocycles. The normalized spacial score (nSPS) is 14.8. The van der Waals surface area contributed by atoms with Crippen LogP contribution in [0, 0.1) is 0 Å². The van der Waals surface area contributed by atoms with Gasteiger partial charge in [0.1, 0.15) is 5.75 Å². The Morgan fingerprint density at radius 3 is 2.71 bits per heavy atom. The third-order valence-electron chi connectivity index (χ3n) is 3.72. The molecule has 1 heterocycles. The van der Waals surface area contributed by atoms with Crippen LogP contribution in [0.25, 0.3) is 6.08 Å². The number of hydrogen-bond acceptors (Lipinski definition) is 6. The molecule has 1 aliphatic rings. The lowest BCUT2D eigenvalue weighted by Gasteiger charge is -2.09. The Morgan fingerprint density at radius 1 is 1.18 bits per heavy atom. The van der Waals surface area contributed by atoms with E-state index in [1.165, 1.54) is 31.4 Å². The number of carbonyl (C=O) groups excluding carboxylic acids is 1. The number of carbonyl (C=O) groups is 1. The van der Waals surface area contributed by atoms with Crippen molar-refractivity contribution in [3.8, 4) is 17.2 Å². The highest BCUT2D eigenvalue weighted by Gasteiger charge is 2.24. The monoisotopic (exact) mass is 389 g/mol. The summed E-state index contributed by atoms with van der Waals surface area (Å²) in [5, 5.41) is 0. The molecule has 0 bridgehead atoms. The topological polar surface area (TPSA) is 66.3 Å². The average molecular weight is 389 g/mol. The molecule has 0 amide bonds. The summed E-state index contributed by atoms with van der Waals surface area (Å²) in [6, 6.07) is 10.9. The van der Waals surface area contributed by atoms with Gasteiger partial charge in [0.25, 0.3) is 0 Å². The van der Waals surface area contributed by atoms with Crippen LogP contribution in [0.1, 0.15) is 18.1 Å². The highest BCUT2D eigenvalue weighted by atomic mass is 19.3. The molecule has 0 atom stereocenters. The van der Waals surface area contributed by atoms with Crippen LogP contribution in [0.4, 0.5) is 8.78 Å². The zero-order valence-corrected chi connectivity index (χ0v) is 15.1. The van der Waals surface area contributed by atoms with Crippen molar-refractivity contribution in [2.75, 3.05) is 13.7 Å². The first-order chi connectivity index (χ1) is 13.5. The van der Waals surface area contributed by atoms with E-state index >= 15 is 0 Å². The molecular weight excluding hydrogens is 372 g/mol. The largest absolute Gasteiger partial charge is 0.493 e. The van der Waals surface area contributed by atoms with Crippen molar-refractivity contribution in [3.05, 3.63) is 59.3 Å². The summed E-state index contributed by atoms with van der Waals surface area (Å²) in [5.41, 5.74) is 1.08. The number of rotatable bonds is 7. The van der Waals surface area contributed by atoms with Crippen LogP contribution in [0.15, 0.2) is 53.2 Å². The number of hydrogen-bond donors (Lipinski definition) is 0. The first-order valence-electron chi connectivity index (χ1n) is 8.38. The van der Waals surface area contributed by atoms with Gasteiger partial charge in [-0.05, 0) is 48.9 Å². The maximum Gasteiger partial charge on any atom is 0.387 e. The summed E-state index contributed by atoms with van der Waals surface area (Å²) < 4.78 is 45.0. The summed E-state index contributed by atoms with van der Waals surface area (Å²) in [6.07, 6.45) is 1.54. The maximum atomic E-state index is 12.4. The van der Waals surface area contributed by atoms with Gasteiger partial charge in [-0.2, -0.15) is 8.78 Å². The first kappa shape index (κ1) is 19.3. The Hall–Kier alpha value is -3.42. The van der Waals surface area contributed by atoms with Crippen molar-refractivity contribution in [2.24, 2.45) is 4.99 Å². The lowest BCUT2D eigenvalue weighted by atomic mass is 10.1. The Balaban J connectivity index is 1.89. The highest BCUT2D eigenvalue weighted by Crippen LogP contribution is 2.30. The molecule has 0 unspecified atom stereocenters. The molecule has 2 aromatic rings. The zero-order chi connectivity index (χ0) is 20.1. The lowest BCUT2D eigenvalue weighted by Crippen LogP contribution is -2.07. The van der Waals surface area contributed by atoms with E-state index in [0.717, 1.165) is 0 Å². The van der Waals surface area contributed by atoms with Gasteiger partial charge in [0.2, 0.25) is 5.90 Å². The minimum atomic E-state index is -2.95. The van der Waals surface area contributed by atoms with Crippen molar-refractivity contribution in [1.29, 1.82) is 0 Å². The van der Waals surface area contributed by atoms with Gasteiger partial charge in [-0.25, -0.2) is 9.79 Å². The van der Waals surface area contributed by atoms with Crippen molar-refractivity contribution >= 4 is 17.9 Å². The van der Waals surface area contributed by atoms with Gasteiger partial charge in [0, 0.05) is 5.56 Å². The van der Waals surface area contributed by atoms with Gasteiger partial charge in [-0.3, -0.25) is 0 Å². The predicted molar refractivity (Wildman–Crippen MR) is 97.8 cm³/mol. The molecule has 3 rings (SSSR count). The summed E-state index contributed by atoms with van der Waals surface area (Å²) in [6.45, 7) is -0.646. The van der Waals surface area contributed by atoms with E-state index in [2.05, 4.69) is 9.73 Å². The van der Waals surface area contributed by atoms with Gasteiger partial charge < -0.3 is 18.9 Å². The zero-order valence-electron chi connectivity index (χ0n) is 15.1.